The lowest BCUT2D eigenvalue weighted by atomic mass is 10.1. The number of hydrogen-bond donors (Lipinski definition) is 1. The molecule has 0 spiro atoms. The Morgan fingerprint density at radius 1 is 1.50 bits per heavy atom. The molecule has 1 N–H and O–H groups in total. The molecule has 16 heavy (non-hydrogen) atoms. The normalized spacial score (nSPS) is 26.1. The fraction of sp³-hybridized carbons (Fsp3) is 0.615. The van der Waals surface area contributed by atoms with E-state index in [1.807, 2.05) is 18.5 Å². The highest BCUT2D eigenvalue weighted by Crippen LogP contribution is 2.35. The molecule has 1 fully saturated rings. The van der Waals surface area contributed by atoms with Crippen LogP contribution in [0.5, 0.6) is 0 Å². The van der Waals surface area contributed by atoms with Crippen LogP contribution in [0, 0.1) is 0 Å². The highest BCUT2D eigenvalue weighted by Gasteiger charge is 2.30. The third kappa shape index (κ3) is 2.42. The minimum Gasteiger partial charge on any atom is -0.396 e. The maximum atomic E-state index is 8.87. The first-order chi connectivity index (χ1) is 7.83. The summed E-state index contributed by atoms with van der Waals surface area (Å²) in [6.45, 7) is 0.307. The second kappa shape index (κ2) is 5.41. The van der Waals surface area contributed by atoms with E-state index in [1.165, 1.54) is 18.4 Å². The van der Waals surface area contributed by atoms with Crippen molar-refractivity contribution in [3.05, 3.63) is 30.1 Å². The average Bonchev–Trinajstić information content (AvgIpc) is 2.69. The molecule has 1 aromatic heterocycles. The number of pyridine rings is 1. The topological polar surface area (TPSA) is 36.4 Å². The lowest BCUT2D eigenvalue weighted by Gasteiger charge is -2.25. The van der Waals surface area contributed by atoms with Crippen LogP contribution in [0.25, 0.3) is 0 Å². The quantitative estimate of drug-likeness (QED) is 0.843. The first kappa shape index (κ1) is 11.6. The van der Waals surface area contributed by atoms with Gasteiger partial charge in [-0.25, -0.2) is 0 Å². The van der Waals surface area contributed by atoms with Gasteiger partial charge in [0.25, 0.3) is 0 Å². The lowest BCUT2D eigenvalue weighted by Crippen LogP contribution is -2.27. The van der Waals surface area contributed by atoms with E-state index in [-0.39, 0.29) is 0 Å². The van der Waals surface area contributed by atoms with E-state index in [0.717, 1.165) is 12.8 Å². The summed E-state index contributed by atoms with van der Waals surface area (Å²) in [5, 5.41) is 8.87. The number of aliphatic hydroxyl groups is 1. The number of nitrogens with zero attached hydrogens (tertiary/aromatic N) is 2. The van der Waals surface area contributed by atoms with Crippen LogP contribution in [0.2, 0.25) is 0 Å². The van der Waals surface area contributed by atoms with Crippen LogP contribution in [0.1, 0.15) is 37.3 Å². The van der Waals surface area contributed by atoms with Gasteiger partial charge in [0, 0.05) is 31.1 Å². The van der Waals surface area contributed by atoms with Crippen molar-refractivity contribution in [2.75, 3.05) is 13.7 Å². The maximum absolute atomic E-state index is 8.87. The highest BCUT2D eigenvalue weighted by molar-refractivity contribution is 5.15. The van der Waals surface area contributed by atoms with Gasteiger partial charge in [0.2, 0.25) is 0 Å². The fourth-order valence-corrected chi connectivity index (χ4v) is 2.66. The average molecular weight is 220 g/mol. The van der Waals surface area contributed by atoms with Crippen LogP contribution in [0.3, 0.4) is 0 Å². The summed E-state index contributed by atoms with van der Waals surface area (Å²) in [4.78, 5) is 6.62. The number of rotatable bonds is 4. The van der Waals surface area contributed by atoms with E-state index in [0.29, 0.717) is 18.7 Å². The molecule has 3 heteroatoms. The van der Waals surface area contributed by atoms with Gasteiger partial charge in [-0.2, -0.15) is 0 Å². The first-order valence-electron chi connectivity index (χ1n) is 6.05. The van der Waals surface area contributed by atoms with E-state index >= 15 is 0 Å². The van der Waals surface area contributed by atoms with Gasteiger partial charge in [-0.1, -0.05) is 6.07 Å². The zero-order valence-corrected chi connectivity index (χ0v) is 9.84. The molecule has 1 aliphatic heterocycles. The standard InChI is InChI=1S/C13H20N2O/c1-15-12(5-3-9-16)6-7-13(15)11-4-2-8-14-10-11/h2,4,8,10,12-13,16H,3,5-7,9H2,1H3/t12-,13-/m0/s1. The van der Waals surface area contributed by atoms with Crippen molar-refractivity contribution < 1.29 is 5.11 Å². The Kier molecular flexibility index (Phi) is 3.91. The molecule has 0 saturated carbocycles. The molecule has 0 unspecified atom stereocenters. The molecular weight excluding hydrogens is 200 g/mol. The molecule has 0 bridgehead atoms. The van der Waals surface area contributed by atoms with E-state index in [1.54, 1.807) is 0 Å². The van der Waals surface area contributed by atoms with Gasteiger partial charge < -0.3 is 5.11 Å². The largest absolute Gasteiger partial charge is 0.396 e. The van der Waals surface area contributed by atoms with Crippen LogP contribution in [-0.4, -0.2) is 34.7 Å². The van der Waals surface area contributed by atoms with Crippen molar-refractivity contribution in [1.29, 1.82) is 0 Å². The Labute approximate surface area is 97.1 Å². The Hall–Kier alpha value is -0.930. The van der Waals surface area contributed by atoms with Gasteiger partial charge in [-0.15, -0.1) is 0 Å². The van der Waals surface area contributed by atoms with E-state index in [9.17, 15) is 0 Å². The Balaban J connectivity index is 1.99. The fourth-order valence-electron chi connectivity index (χ4n) is 2.66. The Morgan fingerprint density at radius 3 is 3.06 bits per heavy atom. The second-order valence-electron chi connectivity index (χ2n) is 4.56. The minimum absolute atomic E-state index is 0.307. The molecule has 2 heterocycles. The molecule has 0 aromatic carbocycles. The zero-order chi connectivity index (χ0) is 11.4. The van der Waals surface area contributed by atoms with Gasteiger partial charge in [0.15, 0.2) is 0 Å². The summed E-state index contributed by atoms with van der Waals surface area (Å²) in [6, 6.07) is 5.29. The summed E-state index contributed by atoms with van der Waals surface area (Å²) in [7, 11) is 2.19. The van der Waals surface area contributed by atoms with Crippen LogP contribution in [0.15, 0.2) is 24.5 Å². The summed E-state index contributed by atoms with van der Waals surface area (Å²) >= 11 is 0. The van der Waals surface area contributed by atoms with Crippen LogP contribution in [-0.2, 0) is 0 Å². The van der Waals surface area contributed by atoms with E-state index < -0.39 is 0 Å². The molecule has 0 aliphatic carbocycles. The molecule has 1 aliphatic rings. The van der Waals surface area contributed by atoms with Crippen molar-refractivity contribution in [2.45, 2.75) is 37.8 Å². The first-order valence-corrected chi connectivity index (χ1v) is 6.05. The van der Waals surface area contributed by atoms with Crippen molar-refractivity contribution in [1.82, 2.24) is 9.88 Å². The molecule has 0 amide bonds. The van der Waals surface area contributed by atoms with Gasteiger partial charge in [0.1, 0.15) is 0 Å². The molecule has 1 saturated heterocycles. The number of aliphatic hydroxyl groups excluding tert-OH is 1. The summed E-state index contributed by atoms with van der Waals surface area (Å²) in [5.74, 6) is 0. The third-order valence-electron chi connectivity index (χ3n) is 3.61. The van der Waals surface area contributed by atoms with E-state index in [4.69, 9.17) is 5.11 Å². The van der Waals surface area contributed by atoms with Crippen LogP contribution < -0.4 is 0 Å². The van der Waals surface area contributed by atoms with Gasteiger partial charge in [-0.05, 0) is 44.4 Å². The predicted octanol–water partition coefficient (Wildman–Crippen LogP) is 1.99. The second-order valence-corrected chi connectivity index (χ2v) is 4.56. The summed E-state index contributed by atoms with van der Waals surface area (Å²) in [6.07, 6.45) is 8.24. The van der Waals surface area contributed by atoms with Gasteiger partial charge >= 0.3 is 0 Å². The lowest BCUT2D eigenvalue weighted by molar-refractivity contribution is 0.210. The molecule has 0 radical (unpaired) electrons. The number of likely N-dealkylation sites (tertiary alicyclic amines) is 1. The van der Waals surface area contributed by atoms with E-state index in [2.05, 4.69) is 23.0 Å². The van der Waals surface area contributed by atoms with Gasteiger partial charge in [-0.3, -0.25) is 9.88 Å². The smallest absolute Gasteiger partial charge is 0.0431 e. The molecule has 3 nitrogen and oxygen atoms in total. The summed E-state index contributed by atoms with van der Waals surface area (Å²) in [5.41, 5.74) is 1.32. The SMILES string of the molecule is CN1[C@@H](CCCO)CC[C@H]1c1cccnc1. The van der Waals surface area contributed by atoms with Crippen molar-refractivity contribution in [3.8, 4) is 0 Å². The molecular formula is C13H20N2O. The monoisotopic (exact) mass is 220 g/mol. The molecule has 88 valence electrons. The minimum atomic E-state index is 0.307. The Morgan fingerprint density at radius 2 is 2.38 bits per heavy atom. The van der Waals surface area contributed by atoms with Crippen molar-refractivity contribution in [3.63, 3.8) is 0 Å². The van der Waals surface area contributed by atoms with Crippen LogP contribution >= 0.6 is 0 Å². The number of aromatic nitrogens is 1. The predicted molar refractivity (Wildman–Crippen MR) is 64.1 cm³/mol. The molecule has 2 rings (SSSR count). The van der Waals surface area contributed by atoms with Crippen LogP contribution in [0.4, 0.5) is 0 Å². The van der Waals surface area contributed by atoms with Gasteiger partial charge in [0.05, 0.1) is 0 Å². The maximum Gasteiger partial charge on any atom is 0.0431 e. The zero-order valence-electron chi connectivity index (χ0n) is 9.84. The molecule has 2 atom stereocenters. The Bertz CT molecular complexity index is 315. The van der Waals surface area contributed by atoms with Crippen molar-refractivity contribution in [2.24, 2.45) is 0 Å². The molecule has 1 aromatic rings. The number of hydrogen-bond acceptors (Lipinski definition) is 3. The highest BCUT2D eigenvalue weighted by atomic mass is 16.2. The summed E-state index contributed by atoms with van der Waals surface area (Å²) < 4.78 is 0. The third-order valence-corrected chi connectivity index (χ3v) is 3.61. The van der Waals surface area contributed by atoms with Crippen molar-refractivity contribution >= 4 is 0 Å².